The summed E-state index contributed by atoms with van der Waals surface area (Å²) in [6, 6.07) is 5.89. The van der Waals surface area contributed by atoms with Crippen LogP contribution in [0.5, 0.6) is 0 Å². The third kappa shape index (κ3) is 2.17. The van der Waals surface area contributed by atoms with Crippen LogP contribution in [0.4, 0.5) is 4.39 Å². The second kappa shape index (κ2) is 3.69. The highest BCUT2D eigenvalue weighted by Crippen LogP contribution is 2.19. The van der Waals surface area contributed by atoms with Gasteiger partial charge in [-0.05, 0) is 17.7 Å². The van der Waals surface area contributed by atoms with Gasteiger partial charge in [-0.15, -0.1) is 11.6 Å². The molecule has 0 saturated carbocycles. The summed E-state index contributed by atoms with van der Waals surface area (Å²) in [4.78, 5) is 0. The predicted octanol–water partition coefficient (Wildman–Crippen LogP) is 2.10. The van der Waals surface area contributed by atoms with Crippen LogP contribution in [0.3, 0.4) is 0 Å². The molecule has 3 heteroatoms. The molecule has 1 unspecified atom stereocenters. The molecule has 1 atom stereocenters. The molecule has 0 saturated heterocycles. The van der Waals surface area contributed by atoms with Crippen LogP contribution in [0, 0.1) is 5.82 Å². The summed E-state index contributed by atoms with van der Waals surface area (Å²) in [5.41, 5.74) is 0.606. The molecule has 1 aromatic rings. The molecule has 0 bridgehead atoms. The first-order valence-corrected chi connectivity index (χ1v) is 3.68. The Bertz CT molecular complexity index is 239. The molecular formula is C8H8ClFO. The van der Waals surface area contributed by atoms with Crippen LogP contribution in [-0.2, 0) is 0 Å². The van der Waals surface area contributed by atoms with E-state index in [4.69, 9.17) is 16.7 Å². The third-order valence-electron chi connectivity index (χ3n) is 1.37. The van der Waals surface area contributed by atoms with Crippen molar-refractivity contribution in [3.05, 3.63) is 35.6 Å². The van der Waals surface area contributed by atoms with Crippen molar-refractivity contribution < 1.29 is 9.50 Å². The zero-order chi connectivity index (χ0) is 8.27. The van der Waals surface area contributed by atoms with Gasteiger partial charge in [0, 0.05) is 0 Å². The van der Waals surface area contributed by atoms with E-state index in [1.807, 2.05) is 0 Å². The fourth-order valence-corrected chi connectivity index (χ4v) is 0.943. The molecule has 0 amide bonds. The monoisotopic (exact) mass is 174 g/mol. The molecule has 0 aliphatic carbocycles. The highest BCUT2D eigenvalue weighted by Gasteiger charge is 2.05. The Balaban J connectivity index is 2.86. The van der Waals surface area contributed by atoms with Crippen molar-refractivity contribution in [2.75, 3.05) is 6.61 Å². The average Bonchev–Trinajstić information content (AvgIpc) is 2.03. The van der Waals surface area contributed by atoms with Gasteiger partial charge < -0.3 is 5.11 Å². The molecule has 1 aromatic carbocycles. The smallest absolute Gasteiger partial charge is 0.123 e. The summed E-state index contributed by atoms with van der Waals surface area (Å²) >= 11 is 5.65. The second-order valence-electron chi connectivity index (χ2n) is 2.21. The standard InChI is InChI=1S/C8H8ClFO/c9-8(5-11)6-2-1-3-7(10)4-6/h1-4,8,11H,5H2. The summed E-state index contributed by atoms with van der Waals surface area (Å²) in [5, 5.41) is 8.12. The second-order valence-corrected chi connectivity index (χ2v) is 2.73. The van der Waals surface area contributed by atoms with Crippen LogP contribution >= 0.6 is 11.6 Å². The van der Waals surface area contributed by atoms with E-state index in [0.717, 1.165) is 0 Å². The van der Waals surface area contributed by atoms with Crippen molar-refractivity contribution in [2.24, 2.45) is 0 Å². The van der Waals surface area contributed by atoms with Crippen LogP contribution in [0.25, 0.3) is 0 Å². The van der Waals surface area contributed by atoms with Crippen molar-refractivity contribution >= 4 is 11.6 Å². The van der Waals surface area contributed by atoms with Crippen LogP contribution in [-0.4, -0.2) is 11.7 Å². The van der Waals surface area contributed by atoms with Gasteiger partial charge >= 0.3 is 0 Å². The van der Waals surface area contributed by atoms with E-state index in [1.54, 1.807) is 12.1 Å². The predicted molar refractivity (Wildman–Crippen MR) is 42.1 cm³/mol. The molecule has 0 spiro atoms. The molecule has 0 heterocycles. The molecule has 0 aliphatic rings. The molecule has 0 aliphatic heterocycles. The Hall–Kier alpha value is -0.600. The zero-order valence-electron chi connectivity index (χ0n) is 5.80. The topological polar surface area (TPSA) is 20.2 Å². The fraction of sp³-hybridized carbons (Fsp3) is 0.250. The van der Waals surface area contributed by atoms with Crippen molar-refractivity contribution in [1.82, 2.24) is 0 Å². The largest absolute Gasteiger partial charge is 0.394 e. The molecule has 1 nitrogen and oxygen atoms in total. The SMILES string of the molecule is OCC(Cl)c1cccc(F)c1. The van der Waals surface area contributed by atoms with Crippen LogP contribution in [0.15, 0.2) is 24.3 Å². The van der Waals surface area contributed by atoms with Gasteiger partial charge in [0.15, 0.2) is 0 Å². The van der Waals surface area contributed by atoms with Crippen LogP contribution < -0.4 is 0 Å². The van der Waals surface area contributed by atoms with Gasteiger partial charge in [0.05, 0.1) is 12.0 Å². The van der Waals surface area contributed by atoms with Crippen molar-refractivity contribution in [3.63, 3.8) is 0 Å². The number of halogens is 2. The lowest BCUT2D eigenvalue weighted by molar-refractivity contribution is 0.294. The first kappa shape index (κ1) is 8.50. The maximum absolute atomic E-state index is 12.5. The molecule has 0 radical (unpaired) electrons. The lowest BCUT2D eigenvalue weighted by Crippen LogP contribution is -1.95. The Morgan fingerprint density at radius 3 is 2.82 bits per heavy atom. The van der Waals surface area contributed by atoms with Gasteiger partial charge in [0.2, 0.25) is 0 Å². The summed E-state index contributed by atoms with van der Waals surface area (Å²) in [6.07, 6.45) is 0. The lowest BCUT2D eigenvalue weighted by atomic mass is 10.1. The van der Waals surface area contributed by atoms with Gasteiger partial charge in [0.25, 0.3) is 0 Å². The Morgan fingerprint density at radius 1 is 1.55 bits per heavy atom. The fourth-order valence-electron chi connectivity index (χ4n) is 0.807. The Morgan fingerprint density at radius 2 is 2.27 bits per heavy atom. The van der Waals surface area contributed by atoms with Crippen LogP contribution in [0.2, 0.25) is 0 Å². The number of hydrogen-bond donors (Lipinski definition) is 1. The van der Waals surface area contributed by atoms with E-state index in [2.05, 4.69) is 0 Å². The molecule has 1 rings (SSSR count). The highest BCUT2D eigenvalue weighted by molar-refractivity contribution is 6.20. The molecular weight excluding hydrogens is 167 g/mol. The maximum Gasteiger partial charge on any atom is 0.123 e. The Kier molecular flexibility index (Phi) is 2.85. The van der Waals surface area contributed by atoms with E-state index < -0.39 is 5.38 Å². The van der Waals surface area contributed by atoms with Gasteiger partial charge in [-0.2, -0.15) is 0 Å². The Labute approximate surface area is 69.4 Å². The van der Waals surface area contributed by atoms with E-state index in [-0.39, 0.29) is 12.4 Å². The van der Waals surface area contributed by atoms with Crippen LogP contribution in [0.1, 0.15) is 10.9 Å². The summed E-state index contributed by atoms with van der Waals surface area (Å²) < 4.78 is 12.5. The minimum absolute atomic E-state index is 0.176. The third-order valence-corrected chi connectivity index (χ3v) is 1.76. The number of hydrogen-bond acceptors (Lipinski definition) is 1. The van der Waals surface area contributed by atoms with Gasteiger partial charge in [-0.1, -0.05) is 12.1 Å². The van der Waals surface area contributed by atoms with Gasteiger partial charge in [-0.25, -0.2) is 4.39 Å². The quantitative estimate of drug-likeness (QED) is 0.681. The summed E-state index contributed by atoms with van der Waals surface area (Å²) in [6.45, 7) is -0.176. The molecule has 1 N–H and O–H groups in total. The van der Waals surface area contributed by atoms with Crippen molar-refractivity contribution in [1.29, 1.82) is 0 Å². The molecule has 11 heavy (non-hydrogen) atoms. The number of alkyl halides is 1. The summed E-state index contributed by atoms with van der Waals surface area (Å²) in [5.74, 6) is -0.332. The number of rotatable bonds is 2. The maximum atomic E-state index is 12.5. The number of aliphatic hydroxyl groups is 1. The molecule has 60 valence electrons. The zero-order valence-corrected chi connectivity index (χ0v) is 6.55. The lowest BCUT2D eigenvalue weighted by Gasteiger charge is -2.04. The van der Waals surface area contributed by atoms with Gasteiger partial charge in [0.1, 0.15) is 5.82 Å². The highest BCUT2D eigenvalue weighted by atomic mass is 35.5. The van der Waals surface area contributed by atoms with E-state index in [9.17, 15) is 4.39 Å². The number of benzene rings is 1. The normalized spacial score (nSPS) is 13.0. The molecule has 0 fully saturated rings. The number of aliphatic hydroxyl groups excluding tert-OH is 1. The van der Waals surface area contributed by atoms with Crippen molar-refractivity contribution in [3.8, 4) is 0 Å². The van der Waals surface area contributed by atoms with E-state index >= 15 is 0 Å². The summed E-state index contributed by atoms with van der Waals surface area (Å²) in [7, 11) is 0. The van der Waals surface area contributed by atoms with E-state index in [0.29, 0.717) is 5.56 Å². The first-order chi connectivity index (χ1) is 5.24. The molecule has 0 aromatic heterocycles. The van der Waals surface area contributed by atoms with Crippen molar-refractivity contribution in [2.45, 2.75) is 5.38 Å². The minimum atomic E-state index is -0.509. The first-order valence-electron chi connectivity index (χ1n) is 3.24. The average molecular weight is 175 g/mol. The van der Waals surface area contributed by atoms with Gasteiger partial charge in [-0.3, -0.25) is 0 Å². The van der Waals surface area contributed by atoms with E-state index in [1.165, 1.54) is 12.1 Å². The minimum Gasteiger partial charge on any atom is -0.394 e.